The molecule has 0 amide bonds. The lowest BCUT2D eigenvalue weighted by atomic mass is 10.2. The molecule has 118 valence electrons. The largest absolute Gasteiger partial charge is 0.466 e. The Bertz CT molecular complexity index is 437. The molecule has 7 nitrogen and oxygen atoms in total. The van der Waals surface area contributed by atoms with Crippen molar-refractivity contribution in [2.75, 3.05) is 12.4 Å². The van der Waals surface area contributed by atoms with Crippen LogP contribution in [0, 0.1) is 0 Å². The highest BCUT2D eigenvalue weighted by Gasteiger charge is 2.25. The first-order valence-electron chi connectivity index (χ1n) is 6.35. The average Bonchev–Trinajstić information content (AvgIpc) is 2.24. The molecule has 8 heteroatoms. The molecule has 1 atom stereocenters. The summed E-state index contributed by atoms with van der Waals surface area (Å²) < 4.78 is 35.2. The van der Waals surface area contributed by atoms with Crippen molar-refractivity contribution in [3.8, 4) is 0 Å². The zero-order chi connectivity index (χ0) is 16.0. The van der Waals surface area contributed by atoms with Gasteiger partial charge in [-0.05, 0) is 34.6 Å². The normalized spacial score (nSPS) is 13.7. The Morgan fingerprint density at radius 1 is 1.25 bits per heavy atom. The molecule has 0 aliphatic rings. The first-order valence-corrected chi connectivity index (χ1v) is 8.00. The second-order valence-electron chi connectivity index (χ2n) is 5.25. The molecule has 0 spiro atoms. The van der Waals surface area contributed by atoms with Crippen LogP contribution in [-0.4, -0.2) is 44.4 Å². The second kappa shape index (κ2) is 7.58. The lowest BCUT2D eigenvalue weighted by Crippen LogP contribution is -2.43. The minimum Gasteiger partial charge on any atom is -0.466 e. The third kappa shape index (κ3) is 8.87. The van der Waals surface area contributed by atoms with Crippen LogP contribution in [0.2, 0.25) is 0 Å². The van der Waals surface area contributed by atoms with Crippen LogP contribution in [0.15, 0.2) is 0 Å². The van der Waals surface area contributed by atoms with Crippen molar-refractivity contribution in [1.29, 1.82) is 0 Å². The van der Waals surface area contributed by atoms with E-state index in [-0.39, 0.29) is 13.0 Å². The van der Waals surface area contributed by atoms with Gasteiger partial charge in [0.2, 0.25) is 10.0 Å². The van der Waals surface area contributed by atoms with E-state index in [4.69, 9.17) is 4.74 Å². The van der Waals surface area contributed by atoms with Gasteiger partial charge in [-0.3, -0.25) is 9.59 Å². The second-order valence-corrected chi connectivity index (χ2v) is 7.12. The maximum absolute atomic E-state index is 11.7. The van der Waals surface area contributed by atoms with Crippen molar-refractivity contribution in [2.45, 2.75) is 52.7 Å². The molecule has 0 rings (SSSR count). The van der Waals surface area contributed by atoms with Gasteiger partial charge >= 0.3 is 11.9 Å². The van der Waals surface area contributed by atoms with E-state index in [0.717, 1.165) is 0 Å². The summed E-state index contributed by atoms with van der Waals surface area (Å²) >= 11 is 0. The van der Waals surface area contributed by atoms with Crippen LogP contribution < -0.4 is 4.72 Å². The van der Waals surface area contributed by atoms with Crippen molar-refractivity contribution < 1.29 is 27.5 Å². The number of hydrogen-bond donors (Lipinski definition) is 1. The number of carbonyl (C=O) groups excluding carboxylic acids is 2. The van der Waals surface area contributed by atoms with Crippen molar-refractivity contribution in [3.05, 3.63) is 0 Å². The van der Waals surface area contributed by atoms with Gasteiger partial charge in [0, 0.05) is 0 Å². The molecule has 0 bridgehead atoms. The highest BCUT2D eigenvalue weighted by Crippen LogP contribution is 2.08. The Kier molecular flexibility index (Phi) is 7.15. The average molecular weight is 309 g/mol. The maximum Gasteiger partial charge on any atom is 0.324 e. The lowest BCUT2D eigenvalue weighted by Gasteiger charge is -2.22. The lowest BCUT2D eigenvalue weighted by molar-refractivity contribution is -0.156. The number of rotatable bonds is 7. The van der Waals surface area contributed by atoms with Crippen LogP contribution in [0.5, 0.6) is 0 Å². The van der Waals surface area contributed by atoms with Gasteiger partial charge in [0.05, 0.1) is 18.8 Å². The zero-order valence-corrected chi connectivity index (χ0v) is 13.4. The molecule has 0 fully saturated rings. The summed E-state index contributed by atoms with van der Waals surface area (Å²) in [6.45, 7) is 8.28. The van der Waals surface area contributed by atoms with E-state index in [1.54, 1.807) is 27.7 Å². The van der Waals surface area contributed by atoms with E-state index in [1.807, 2.05) is 0 Å². The Balaban J connectivity index is 4.39. The summed E-state index contributed by atoms with van der Waals surface area (Å²) in [5.41, 5.74) is -0.693. The molecule has 20 heavy (non-hydrogen) atoms. The van der Waals surface area contributed by atoms with Crippen LogP contribution in [-0.2, 0) is 29.1 Å². The topological polar surface area (TPSA) is 98.8 Å². The van der Waals surface area contributed by atoms with Gasteiger partial charge in [-0.15, -0.1) is 0 Å². The fourth-order valence-corrected chi connectivity index (χ4v) is 2.41. The minimum atomic E-state index is -3.75. The Morgan fingerprint density at radius 2 is 1.80 bits per heavy atom. The van der Waals surface area contributed by atoms with Gasteiger partial charge in [-0.2, -0.15) is 0 Å². The monoisotopic (exact) mass is 309 g/mol. The molecule has 0 aromatic heterocycles. The number of nitrogens with one attached hydrogen (secondary N) is 1. The Labute approximate surface area is 120 Å². The summed E-state index contributed by atoms with van der Waals surface area (Å²) in [6, 6.07) is -1.01. The minimum absolute atomic E-state index is 0.195. The molecule has 0 aromatic rings. The van der Waals surface area contributed by atoms with Gasteiger partial charge in [0.25, 0.3) is 0 Å². The van der Waals surface area contributed by atoms with Gasteiger partial charge < -0.3 is 9.47 Å². The van der Waals surface area contributed by atoms with Gasteiger partial charge in [-0.1, -0.05) is 0 Å². The van der Waals surface area contributed by atoms with Gasteiger partial charge in [0.15, 0.2) is 0 Å². The first-order chi connectivity index (χ1) is 8.97. The van der Waals surface area contributed by atoms with E-state index in [2.05, 4.69) is 9.46 Å². The van der Waals surface area contributed by atoms with E-state index < -0.39 is 39.4 Å². The third-order valence-corrected chi connectivity index (χ3v) is 3.45. The molecule has 0 unspecified atom stereocenters. The molecule has 0 aliphatic carbocycles. The number of hydrogen-bond acceptors (Lipinski definition) is 6. The summed E-state index contributed by atoms with van der Waals surface area (Å²) in [5.74, 6) is -1.70. The van der Waals surface area contributed by atoms with Crippen molar-refractivity contribution in [1.82, 2.24) is 4.72 Å². The third-order valence-electron chi connectivity index (χ3n) is 2.00. The van der Waals surface area contributed by atoms with Crippen LogP contribution in [0.4, 0.5) is 0 Å². The van der Waals surface area contributed by atoms with Crippen LogP contribution >= 0.6 is 0 Å². The number of ether oxygens (including phenoxy) is 2. The molecule has 0 aromatic carbocycles. The fourth-order valence-electron chi connectivity index (χ4n) is 1.22. The van der Waals surface area contributed by atoms with E-state index in [9.17, 15) is 18.0 Å². The van der Waals surface area contributed by atoms with E-state index in [1.165, 1.54) is 6.92 Å². The highest BCUT2D eigenvalue weighted by molar-refractivity contribution is 7.89. The summed E-state index contributed by atoms with van der Waals surface area (Å²) in [5, 5.41) is 0. The Hall–Kier alpha value is -1.15. The summed E-state index contributed by atoms with van der Waals surface area (Å²) in [6.07, 6.45) is -0.260. The van der Waals surface area contributed by atoms with Crippen molar-refractivity contribution >= 4 is 22.0 Å². The number of carbonyl (C=O) groups is 2. The van der Waals surface area contributed by atoms with Gasteiger partial charge in [0.1, 0.15) is 11.6 Å². The van der Waals surface area contributed by atoms with Crippen molar-refractivity contribution in [2.24, 2.45) is 0 Å². The SMILES string of the molecule is CCOC(=O)CCS(=O)(=O)N[C@H](C)C(=O)OC(C)(C)C. The molecule has 0 saturated heterocycles. The summed E-state index contributed by atoms with van der Waals surface area (Å²) in [4.78, 5) is 22.7. The van der Waals surface area contributed by atoms with Gasteiger partial charge in [-0.25, -0.2) is 13.1 Å². The Morgan fingerprint density at radius 3 is 2.25 bits per heavy atom. The quantitative estimate of drug-likeness (QED) is 0.691. The first kappa shape index (κ1) is 18.9. The fraction of sp³-hybridized carbons (Fsp3) is 0.833. The highest BCUT2D eigenvalue weighted by atomic mass is 32.2. The molecular weight excluding hydrogens is 286 g/mol. The predicted molar refractivity (Wildman–Crippen MR) is 73.5 cm³/mol. The molecule has 1 N–H and O–H groups in total. The van der Waals surface area contributed by atoms with Crippen LogP contribution in [0.25, 0.3) is 0 Å². The number of sulfonamides is 1. The van der Waals surface area contributed by atoms with E-state index >= 15 is 0 Å². The zero-order valence-electron chi connectivity index (χ0n) is 12.6. The molecule has 0 saturated carbocycles. The number of esters is 2. The molecule has 0 radical (unpaired) electrons. The standard InChI is InChI=1S/C12H23NO6S/c1-6-18-10(14)7-8-20(16,17)13-9(2)11(15)19-12(3,4)5/h9,13H,6-8H2,1-5H3/t9-/m1/s1. The smallest absolute Gasteiger partial charge is 0.324 e. The predicted octanol–water partition coefficient (Wildman–Crippen LogP) is 0.589. The van der Waals surface area contributed by atoms with Crippen molar-refractivity contribution in [3.63, 3.8) is 0 Å². The molecular formula is C12H23NO6S. The van der Waals surface area contributed by atoms with Crippen LogP contribution in [0.1, 0.15) is 41.0 Å². The summed E-state index contributed by atoms with van der Waals surface area (Å²) in [7, 11) is -3.75. The maximum atomic E-state index is 11.7. The van der Waals surface area contributed by atoms with Crippen LogP contribution in [0.3, 0.4) is 0 Å². The van der Waals surface area contributed by atoms with E-state index in [0.29, 0.717) is 0 Å². The molecule has 0 aliphatic heterocycles. The molecule has 0 heterocycles.